The summed E-state index contributed by atoms with van der Waals surface area (Å²) in [7, 11) is 0. The second-order valence-corrected chi connectivity index (χ2v) is 4.80. The monoisotopic (exact) mass is 196 g/mol. The van der Waals surface area contributed by atoms with Crippen LogP contribution in [0.2, 0.25) is 0 Å². The van der Waals surface area contributed by atoms with Gasteiger partial charge in [0.1, 0.15) is 0 Å². The summed E-state index contributed by atoms with van der Waals surface area (Å²) in [5.74, 6) is 1.50. The number of amides is 1. The predicted molar refractivity (Wildman–Crippen MR) is 55.6 cm³/mol. The van der Waals surface area contributed by atoms with Crippen molar-refractivity contribution in [2.75, 3.05) is 13.1 Å². The number of nitrogens with two attached hydrogens (primary N) is 1. The molecular formula is C11H20N2O. The van der Waals surface area contributed by atoms with Gasteiger partial charge in [0.15, 0.2) is 0 Å². The van der Waals surface area contributed by atoms with E-state index in [0.717, 1.165) is 25.4 Å². The van der Waals surface area contributed by atoms with Crippen molar-refractivity contribution in [2.24, 2.45) is 23.5 Å². The van der Waals surface area contributed by atoms with E-state index in [-0.39, 0.29) is 11.8 Å². The minimum absolute atomic E-state index is 0.0781. The third-order valence-corrected chi connectivity index (χ3v) is 3.85. The number of nitrogens with one attached hydrogen (secondary N) is 1. The van der Waals surface area contributed by atoms with Crippen LogP contribution in [0.25, 0.3) is 0 Å². The lowest BCUT2D eigenvalue weighted by Gasteiger charge is -2.32. The predicted octanol–water partition coefficient (Wildman–Crippen LogP) is 0.888. The standard InChI is InChI=1S/C11H20N2O/c12-11(14)10-5-9(6-13-7-10)8-3-1-2-4-8/h8-10,13H,1-7H2,(H2,12,14). The normalized spacial score (nSPS) is 34.6. The van der Waals surface area contributed by atoms with Gasteiger partial charge in [-0.15, -0.1) is 0 Å². The average Bonchev–Trinajstić information content (AvgIpc) is 2.71. The first-order valence-corrected chi connectivity index (χ1v) is 5.77. The molecule has 0 aromatic heterocycles. The molecule has 3 N–H and O–H groups in total. The van der Waals surface area contributed by atoms with E-state index in [1.54, 1.807) is 0 Å². The van der Waals surface area contributed by atoms with E-state index in [1.165, 1.54) is 25.7 Å². The van der Waals surface area contributed by atoms with Crippen molar-refractivity contribution in [3.8, 4) is 0 Å². The Morgan fingerprint density at radius 3 is 2.50 bits per heavy atom. The number of carbonyl (C=O) groups excluding carboxylic acids is 1. The third-order valence-electron chi connectivity index (χ3n) is 3.85. The quantitative estimate of drug-likeness (QED) is 0.689. The fourth-order valence-corrected chi connectivity index (χ4v) is 2.98. The van der Waals surface area contributed by atoms with Crippen molar-refractivity contribution in [2.45, 2.75) is 32.1 Å². The summed E-state index contributed by atoms with van der Waals surface area (Å²) in [4.78, 5) is 11.1. The molecule has 1 amide bonds. The summed E-state index contributed by atoms with van der Waals surface area (Å²) in [5.41, 5.74) is 5.35. The van der Waals surface area contributed by atoms with E-state index in [0.29, 0.717) is 5.92 Å². The minimum Gasteiger partial charge on any atom is -0.369 e. The molecule has 3 nitrogen and oxygen atoms in total. The molecule has 0 spiro atoms. The maximum atomic E-state index is 11.1. The molecule has 14 heavy (non-hydrogen) atoms. The van der Waals surface area contributed by atoms with Crippen LogP contribution in [-0.4, -0.2) is 19.0 Å². The summed E-state index contributed by atoms with van der Waals surface area (Å²) < 4.78 is 0. The summed E-state index contributed by atoms with van der Waals surface area (Å²) in [6.45, 7) is 1.88. The molecule has 1 aliphatic heterocycles. The summed E-state index contributed by atoms with van der Waals surface area (Å²) in [6, 6.07) is 0. The first-order valence-electron chi connectivity index (χ1n) is 5.77. The SMILES string of the molecule is NC(=O)C1CNCC(C2CCCC2)C1. The number of primary amides is 1. The maximum Gasteiger partial charge on any atom is 0.221 e. The Bertz CT molecular complexity index is 211. The fourth-order valence-electron chi connectivity index (χ4n) is 2.98. The van der Waals surface area contributed by atoms with E-state index in [1.807, 2.05) is 0 Å². The highest BCUT2D eigenvalue weighted by Gasteiger charge is 2.31. The van der Waals surface area contributed by atoms with Crippen LogP contribution < -0.4 is 11.1 Å². The topological polar surface area (TPSA) is 55.1 Å². The fraction of sp³-hybridized carbons (Fsp3) is 0.909. The van der Waals surface area contributed by atoms with Crippen LogP contribution in [0.15, 0.2) is 0 Å². The van der Waals surface area contributed by atoms with E-state index in [2.05, 4.69) is 5.32 Å². The lowest BCUT2D eigenvalue weighted by molar-refractivity contribution is -0.122. The molecule has 2 fully saturated rings. The first kappa shape index (κ1) is 9.97. The molecule has 2 rings (SSSR count). The average molecular weight is 196 g/mol. The molecule has 1 saturated carbocycles. The molecule has 1 aliphatic carbocycles. The molecular weight excluding hydrogens is 176 g/mol. The number of rotatable bonds is 2. The van der Waals surface area contributed by atoms with Gasteiger partial charge in [0.05, 0.1) is 5.92 Å². The van der Waals surface area contributed by atoms with E-state index >= 15 is 0 Å². The Morgan fingerprint density at radius 2 is 1.86 bits per heavy atom. The maximum absolute atomic E-state index is 11.1. The van der Waals surface area contributed by atoms with Gasteiger partial charge in [0.25, 0.3) is 0 Å². The van der Waals surface area contributed by atoms with Crippen molar-refractivity contribution >= 4 is 5.91 Å². The van der Waals surface area contributed by atoms with Crippen LogP contribution in [0.1, 0.15) is 32.1 Å². The zero-order valence-corrected chi connectivity index (χ0v) is 8.67. The molecule has 0 bridgehead atoms. The largest absolute Gasteiger partial charge is 0.369 e. The van der Waals surface area contributed by atoms with Crippen molar-refractivity contribution in [1.29, 1.82) is 0 Å². The van der Waals surface area contributed by atoms with Crippen LogP contribution in [0.3, 0.4) is 0 Å². The molecule has 2 aliphatic rings. The smallest absolute Gasteiger partial charge is 0.221 e. The Morgan fingerprint density at radius 1 is 1.14 bits per heavy atom. The number of piperidine rings is 1. The van der Waals surface area contributed by atoms with Crippen LogP contribution in [0, 0.1) is 17.8 Å². The molecule has 3 heteroatoms. The van der Waals surface area contributed by atoms with Crippen LogP contribution in [0.5, 0.6) is 0 Å². The molecule has 80 valence electrons. The zero-order valence-electron chi connectivity index (χ0n) is 8.67. The lowest BCUT2D eigenvalue weighted by Crippen LogP contribution is -2.43. The summed E-state index contributed by atoms with van der Waals surface area (Å²) >= 11 is 0. The number of hydrogen-bond donors (Lipinski definition) is 2. The lowest BCUT2D eigenvalue weighted by atomic mass is 9.80. The molecule has 0 radical (unpaired) electrons. The van der Waals surface area contributed by atoms with Crippen molar-refractivity contribution < 1.29 is 4.79 Å². The van der Waals surface area contributed by atoms with Crippen LogP contribution in [-0.2, 0) is 4.79 Å². The second-order valence-electron chi connectivity index (χ2n) is 4.80. The van der Waals surface area contributed by atoms with E-state index in [4.69, 9.17) is 5.73 Å². The zero-order chi connectivity index (χ0) is 9.97. The Balaban J connectivity index is 1.89. The highest BCUT2D eigenvalue weighted by atomic mass is 16.1. The molecule has 2 unspecified atom stereocenters. The molecule has 2 atom stereocenters. The van der Waals surface area contributed by atoms with Gasteiger partial charge in [-0.1, -0.05) is 25.7 Å². The van der Waals surface area contributed by atoms with Gasteiger partial charge in [-0.3, -0.25) is 4.79 Å². The second kappa shape index (κ2) is 4.30. The number of carbonyl (C=O) groups is 1. The van der Waals surface area contributed by atoms with Gasteiger partial charge in [0, 0.05) is 6.54 Å². The van der Waals surface area contributed by atoms with Gasteiger partial charge in [-0.25, -0.2) is 0 Å². The highest BCUT2D eigenvalue weighted by molar-refractivity contribution is 5.77. The van der Waals surface area contributed by atoms with Crippen LogP contribution in [0.4, 0.5) is 0 Å². The minimum atomic E-state index is -0.125. The van der Waals surface area contributed by atoms with Crippen LogP contribution >= 0.6 is 0 Å². The summed E-state index contributed by atoms with van der Waals surface area (Å²) in [5, 5.41) is 3.34. The first-order chi connectivity index (χ1) is 6.77. The molecule has 0 aromatic rings. The molecule has 1 saturated heterocycles. The van der Waals surface area contributed by atoms with Gasteiger partial charge >= 0.3 is 0 Å². The van der Waals surface area contributed by atoms with Crippen molar-refractivity contribution in [3.05, 3.63) is 0 Å². The summed E-state index contributed by atoms with van der Waals surface area (Å²) in [6.07, 6.45) is 6.49. The highest BCUT2D eigenvalue weighted by Crippen LogP contribution is 2.35. The van der Waals surface area contributed by atoms with Gasteiger partial charge in [-0.05, 0) is 24.8 Å². The molecule has 0 aromatic carbocycles. The van der Waals surface area contributed by atoms with Gasteiger partial charge < -0.3 is 11.1 Å². The Labute approximate surface area is 85.4 Å². The molecule has 1 heterocycles. The van der Waals surface area contributed by atoms with E-state index < -0.39 is 0 Å². The Kier molecular flexibility index (Phi) is 3.06. The van der Waals surface area contributed by atoms with Gasteiger partial charge in [0.2, 0.25) is 5.91 Å². The van der Waals surface area contributed by atoms with E-state index in [9.17, 15) is 4.79 Å². The van der Waals surface area contributed by atoms with Crippen molar-refractivity contribution in [1.82, 2.24) is 5.32 Å². The van der Waals surface area contributed by atoms with Gasteiger partial charge in [-0.2, -0.15) is 0 Å². The van der Waals surface area contributed by atoms with Crippen molar-refractivity contribution in [3.63, 3.8) is 0 Å². The number of hydrogen-bond acceptors (Lipinski definition) is 2. The third kappa shape index (κ3) is 2.08. The Hall–Kier alpha value is -0.570.